The number of hydrogen-bond acceptors (Lipinski definition) is 3. The molecule has 1 amide bonds. The second kappa shape index (κ2) is 9.39. The topological polar surface area (TPSA) is 38.8 Å². The van der Waals surface area contributed by atoms with Crippen LogP contribution < -0.4 is 4.74 Å². The van der Waals surface area contributed by atoms with Gasteiger partial charge in [0.2, 0.25) is 0 Å². The first-order chi connectivity index (χ1) is 12.7. The van der Waals surface area contributed by atoms with Crippen molar-refractivity contribution >= 4 is 5.91 Å². The summed E-state index contributed by atoms with van der Waals surface area (Å²) in [6, 6.07) is 17.5. The lowest BCUT2D eigenvalue weighted by molar-refractivity contribution is 0.0582. The van der Waals surface area contributed by atoms with Crippen molar-refractivity contribution in [3.63, 3.8) is 0 Å². The van der Waals surface area contributed by atoms with E-state index in [9.17, 15) is 4.79 Å². The van der Waals surface area contributed by atoms with Crippen LogP contribution in [0.1, 0.15) is 35.2 Å². The van der Waals surface area contributed by atoms with E-state index in [0.29, 0.717) is 23.8 Å². The highest BCUT2D eigenvalue weighted by atomic mass is 16.5. The second-order valence-electron chi connectivity index (χ2n) is 6.84. The first-order valence-corrected chi connectivity index (χ1v) is 9.33. The quantitative estimate of drug-likeness (QED) is 0.750. The average molecular weight is 353 g/mol. The normalized spacial score (nSPS) is 14.8. The lowest BCUT2D eigenvalue weighted by Gasteiger charge is -2.25. The Bertz CT molecular complexity index is 696. The van der Waals surface area contributed by atoms with Crippen LogP contribution in [0.2, 0.25) is 0 Å². The fourth-order valence-corrected chi connectivity index (χ4v) is 3.22. The Morgan fingerprint density at radius 2 is 1.77 bits per heavy atom. The molecule has 0 aliphatic carbocycles. The Labute approximate surface area is 155 Å². The lowest BCUT2D eigenvalue weighted by atomic mass is 9.96. The standard InChI is InChI=1S/C22H27NO3/c1-23(14-11-18-12-15-25-16-13-18)22(24)20-9-5-6-10-21(20)26-17-19-7-3-2-4-8-19/h2-10,18H,11-17H2,1H3. The third-order valence-corrected chi connectivity index (χ3v) is 4.91. The minimum atomic E-state index is 0.0146. The zero-order valence-corrected chi connectivity index (χ0v) is 15.4. The summed E-state index contributed by atoms with van der Waals surface area (Å²) in [5.74, 6) is 1.31. The van der Waals surface area contributed by atoms with E-state index in [1.165, 1.54) is 0 Å². The minimum Gasteiger partial charge on any atom is -0.488 e. The molecular weight excluding hydrogens is 326 g/mol. The summed E-state index contributed by atoms with van der Waals surface area (Å²) in [7, 11) is 1.87. The van der Waals surface area contributed by atoms with Crippen LogP contribution in [0.5, 0.6) is 5.75 Å². The van der Waals surface area contributed by atoms with Crippen molar-refractivity contribution in [3.05, 3.63) is 65.7 Å². The van der Waals surface area contributed by atoms with Crippen molar-refractivity contribution in [2.45, 2.75) is 25.9 Å². The molecule has 138 valence electrons. The van der Waals surface area contributed by atoms with Crippen LogP contribution in [0.4, 0.5) is 0 Å². The second-order valence-corrected chi connectivity index (χ2v) is 6.84. The Morgan fingerprint density at radius 3 is 2.54 bits per heavy atom. The van der Waals surface area contributed by atoms with Gasteiger partial charge >= 0.3 is 0 Å². The largest absolute Gasteiger partial charge is 0.488 e. The van der Waals surface area contributed by atoms with Crippen molar-refractivity contribution in [3.8, 4) is 5.75 Å². The molecule has 1 aliphatic heterocycles. The molecule has 1 saturated heterocycles. The number of amides is 1. The maximum absolute atomic E-state index is 12.9. The Hall–Kier alpha value is -2.33. The van der Waals surface area contributed by atoms with Gasteiger partial charge < -0.3 is 14.4 Å². The fourth-order valence-electron chi connectivity index (χ4n) is 3.22. The van der Waals surface area contributed by atoms with E-state index < -0.39 is 0 Å². The van der Waals surface area contributed by atoms with Gasteiger partial charge in [-0.2, -0.15) is 0 Å². The van der Waals surface area contributed by atoms with Gasteiger partial charge in [-0.3, -0.25) is 4.79 Å². The van der Waals surface area contributed by atoms with E-state index >= 15 is 0 Å². The number of carbonyl (C=O) groups excluding carboxylic acids is 1. The predicted octanol–water partition coefficient (Wildman–Crippen LogP) is 4.15. The van der Waals surface area contributed by atoms with Gasteiger partial charge in [0.15, 0.2) is 0 Å². The molecule has 4 heteroatoms. The highest BCUT2D eigenvalue weighted by Gasteiger charge is 2.19. The number of rotatable bonds is 7. The smallest absolute Gasteiger partial charge is 0.257 e. The van der Waals surface area contributed by atoms with Gasteiger partial charge in [-0.25, -0.2) is 0 Å². The molecule has 1 aliphatic rings. The summed E-state index contributed by atoms with van der Waals surface area (Å²) < 4.78 is 11.3. The molecule has 0 spiro atoms. The summed E-state index contributed by atoms with van der Waals surface area (Å²) in [6.07, 6.45) is 3.22. The summed E-state index contributed by atoms with van der Waals surface area (Å²) in [6.45, 7) is 2.91. The molecule has 2 aromatic carbocycles. The van der Waals surface area contributed by atoms with Crippen LogP contribution in [0.25, 0.3) is 0 Å². The molecule has 1 heterocycles. The molecule has 0 N–H and O–H groups in total. The van der Waals surface area contributed by atoms with Crippen LogP contribution in [0.15, 0.2) is 54.6 Å². The maximum atomic E-state index is 12.9. The zero-order chi connectivity index (χ0) is 18.2. The third-order valence-electron chi connectivity index (χ3n) is 4.91. The molecule has 0 aromatic heterocycles. The lowest BCUT2D eigenvalue weighted by Crippen LogP contribution is -2.30. The molecule has 4 nitrogen and oxygen atoms in total. The van der Waals surface area contributed by atoms with Gasteiger partial charge in [0.25, 0.3) is 5.91 Å². The van der Waals surface area contributed by atoms with E-state index in [1.807, 2.05) is 61.6 Å². The van der Waals surface area contributed by atoms with Crippen LogP contribution in [-0.4, -0.2) is 37.6 Å². The third kappa shape index (κ3) is 5.09. The maximum Gasteiger partial charge on any atom is 0.257 e. The number of benzene rings is 2. The van der Waals surface area contributed by atoms with Crippen molar-refractivity contribution in [2.75, 3.05) is 26.8 Å². The molecule has 3 rings (SSSR count). The molecule has 26 heavy (non-hydrogen) atoms. The number of hydrogen-bond donors (Lipinski definition) is 0. The Morgan fingerprint density at radius 1 is 1.08 bits per heavy atom. The van der Waals surface area contributed by atoms with Gasteiger partial charge in [0, 0.05) is 26.8 Å². The molecule has 2 aromatic rings. The first kappa shape index (κ1) is 18.5. The van der Waals surface area contributed by atoms with Crippen LogP contribution in [0.3, 0.4) is 0 Å². The predicted molar refractivity (Wildman–Crippen MR) is 102 cm³/mol. The van der Waals surface area contributed by atoms with E-state index in [1.54, 1.807) is 4.90 Å². The summed E-state index contributed by atoms with van der Waals surface area (Å²) in [4.78, 5) is 14.7. The van der Waals surface area contributed by atoms with Gasteiger partial charge in [0.05, 0.1) is 5.56 Å². The highest BCUT2D eigenvalue weighted by Crippen LogP contribution is 2.23. The highest BCUT2D eigenvalue weighted by molar-refractivity contribution is 5.96. The van der Waals surface area contributed by atoms with E-state index in [2.05, 4.69) is 0 Å². The van der Waals surface area contributed by atoms with Crippen molar-refractivity contribution in [2.24, 2.45) is 5.92 Å². The van der Waals surface area contributed by atoms with Crippen molar-refractivity contribution < 1.29 is 14.3 Å². The van der Waals surface area contributed by atoms with Gasteiger partial charge in [-0.1, -0.05) is 42.5 Å². The van der Waals surface area contributed by atoms with E-state index in [4.69, 9.17) is 9.47 Å². The average Bonchev–Trinajstić information content (AvgIpc) is 2.71. The molecule has 0 saturated carbocycles. The number of carbonyl (C=O) groups is 1. The number of ether oxygens (including phenoxy) is 2. The van der Waals surface area contributed by atoms with Crippen LogP contribution in [-0.2, 0) is 11.3 Å². The van der Waals surface area contributed by atoms with Gasteiger partial charge in [-0.05, 0) is 42.9 Å². The molecule has 0 atom stereocenters. The molecule has 0 bridgehead atoms. The summed E-state index contributed by atoms with van der Waals surface area (Å²) in [5.41, 5.74) is 1.71. The summed E-state index contributed by atoms with van der Waals surface area (Å²) >= 11 is 0. The van der Waals surface area contributed by atoms with E-state index in [-0.39, 0.29) is 5.91 Å². The first-order valence-electron chi connectivity index (χ1n) is 9.33. The van der Waals surface area contributed by atoms with E-state index in [0.717, 1.165) is 44.6 Å². The SMILES string of the molecule is CN(CCC1CCOCC1)C(=O)c1ccccc1OCc1ccccc1. The zero-order valence-electron chi connectivity index (χ0n) is 15.4. The molecule has 0 radical (unpaired) electrons. The van der Waals surface area contributed by atoms with Gasteiger partial charge in [0.1, 0.15) is 12.4 Å². The van der Waals surface area contributed by atoms with Gasteiger partial charge in [-0.15, -0.1) is 0 Å². The molecule has 1 fully saturated rings. The van der Waals surface area contributed by atoms with Crippen molar-refractivity contribution in [1.82, 2.24) is 4.90 Å². The van der Waals surface area contributed by atoms with Crippen molar-refractivity contribution in [1.29, 1.82) is 0 Å². The summed E-state index contributed by atoms with van der Waals surface area (Å²) in [5, 5.41) is 0. The Kier molecular flexibility index (Phi) is 6.67. The number of nitrogens with zero attached hydrogens (tertiary/aromatic N) is 1. The number of para-hydroxylation sites is 1. The minimum absolute atomic E-state index is 0.0146. The Balaban J connectivity index is 1.59. The molecular formula is C22H27NO3. The molecule has 0 unspecified atom stereocenters. The fraction of sp³-hybridized carbons (Fsp3) is 0.409. The van der Waals surface area contributed by atoms with Crippen LogP contribution in [0, 0.1) is 5.92 Å². The monoisotopic (exact) mass is 353 g/mol. The van der Waals surface area contributed by atoms with Crippen LogP contribution >= 0.6 is 0 Å².